The van der Waals surface area contributed by atoms with E-state index in [1.807, 2.05) is 31.3 Å². The minimum absolute atomic E-state index is 0.253. The van der Waals surface area contributed by atoms with E-state index >= 15 is 0 Å². The molecule has 3 heterocycles. The minimum Gasteiger partial charge on any atom is -0.497 e. The van der Waals surface area contributed by atoms with Crippen molar-refractivity contribution in [2.45, 2.75) is 39.5 Å². The van der Waals surface area contributed by atoms with Crippen molar-refractivity contribution in [3.8, 4) is 5.75 Å². The quantitative estimate of drug-likeness (QED) is 0.731. The van der Waals surface area contributed by atoms with Gasteiger partial charge in [0.2, 0.25) is 0 Å². The molecule has 0 spiro atoms. The van der Waals surface area contributed by atoms with E-state index in [1.54, 1.807) is 7.11 Å². The minimum atomic E-state index is 0.253. The number of aromatic nitrogens is 3. The summed E-state index contributed by atoms with van der Waals surface area (Å²) in [7, 11) is 1.69. The summed E-state index contributed by atoms with van der Waals surface area (Å²) in [5, 5.41) is 4.16. The molecular weight excluding hydrogens is 316 g/mol. The van der Waals surface area contributed by atoms with E-state index in [1.165, 1.54) is 11.3 Å². The van der Waals surface area contributed by atoms with Crippen LogP contribution >= 0.6 is 0 Å². The highest BCUT2D eigenvalue weighted by molar-refractivity contribution is 5.30. The second kappa shape index (κ2) is 6.37. The van der Waals surface area contributed by atoms with Gasteiger partial charge in [-0.15, -0.1) is 0 Å². The molecule has 2 aromatic heterocycles. The summed E-state index contributed by atoms with van der Waals surface area (Å²) in [6.07, 6.45) is 1.95. The third kappa shape index (κ3) is 3.05. The molecule has 1 atom stereocenters. The van der Waals surface area contributed by atoms with Crippen molar-refractivity contribution < 1.29 is 9.26 Å². The van der Waals surface area contributed by atoms with Gasteiger partial charge in [-0.05, 0) is 31.5 Å². The lowest BCUT2D eigenvalue weighted by molar-refractivity contribution is 0.124. The van der Waals surface area contributed by atoms with E-state index in [2.05, 4.69) is 38.7 Å². The maximum Gasteiger partial charge on any atom is 0.133 e. The van der Waals surface area contributed by atoms with Gasteiger partial charge in [-0.2, -0.15) is 0 Å². The second-order valence-corrected chi connectivity index (χ2v) is 6.55. The fraction of sp³-hybridized carbons (Fsp3) is 0.368. The summed E-state index contributed by atoms with van der Waals surface area (Å²) in [5.74, 6) is 2.81. The Labute approximate surface area is 147 Å². The number of imidazole rings is 1. The number of benzene rings is 1. The van der Waals surface area contributed by atoms with Gasteiger partial charge in [0.1, 0.15) is 17.3 Å². The molecule has 0 aliphatic carbocycles. The first-order valence-electron chi connectivity index (χ1n) is 8.45. The molecule has 0 fully saturated rings. The Kier molecular flexibility index (Phi) is 4.05. The zero-order valence-electron chi connectivity index (χ0n) is 14.8. The molecule has 0 saturated carbocycles. The van der Waals surface area contributed by atoms with E-state index < -0.39 is 0 Å². The number of methoxy groups -OCH3 is 1. The lowest BCUT2D eigenvalue weighted by Crippen LogP contribution is -2.37. The van der Waals surface area contributed by atoms with Gasteiger partial charge in [0.25, 0.3) is 0 Å². The van der Waals surface area contributed by atoms with E-state index in [0.29, 0.717) is 0 Å². The first kappa shape index (κ1) is 15.9. The maximum atomic E-state index is 5.29. The molecule has 1 aliphatic rings. The van der Waals surface area contributed by atoms with Gasteiger partial charge < -0.3 is 13.8 Å². The van der Waals surface area contributed by atoms with E-state index in [-0.39, 0.29) is 6.04 Å². The number of nitrogens with zero attached hydrogens (tertiary/aromatic N) is 4. The summed E-state index contributed by atoms with van der Waals surface area (Å²) < 4.78 is 12.8. The summed E-state index contributed by atoms with van der Waals surface area (Å²) in [4.78, 5) is 6.97. The van der Waals surface area contributed by atoms with Gasteiger partial charge >= 0.3 is 0 Å². The summed E-state index contributed by atoms with van der Waals surface area (Å²) in [6, 6.07) is 10.6. The molecule has 1 aliphatic heterocycles. The molecule has 4 rings (SSSR count). The third-order valence-electron chi connectivity index (χ3n) is 4.82. The van der Waals surface area contributed by atoms with Gasteiger partial charge in [0.15, 0.2) is 0 Å². The SMILES string of the molecule is COc1ccc([C@@H]2Cn3c(C)cnc3CN2Cc2cc(C)on2)cc1. The van der Waals surface area contributed by atoms with Crippen molar-refractivity contribution in [2.75, 3.05) is 7.11 Å². The van der Waals surface area contributed by atoms with Gasteiger partial charge in [0, 0.05) is 31.0 Å². The fourth-order valence-electron chi connectivity index (χ4n) is 3.48. The molecule has 0 bridgehead atoms. The molecule has 6 nitrogen and oxygen atoms in total. The zero-order valence-corrected chi connectivity index (χ0v) is 14.8. The number of ether oxygens (including phenoxy) is 1. The standard InChI is InChI=1S/C19H22N4O2/c1-13-9-20-19-12-22(10-16-8-14(2)25-21-16)18(11-23(13)19)15-4-6-17(24-3)7-5-15/h4-9,18H,10-12H2,1-3H3/t18-/m0/s1. The number of hydrogen-bond acceptors (Lipinski definition) is 5. The lowest BCUT2D eigenvalue weighted by atomic mass is 10.0. The van der Waals surface area contributed by atoms with Crippen molar-refractivity contribution in [1.82, 2.24) is 19.6 Å². The average molecular weight is 338 g/mol. The Bertz CT molecular complexity index is 866. The summed E-state index contributed by atoms with van der Waals surface area (Å²) in [6.45, 7) is 6.43. The fourth-order valence-corrected chi connectivity index (χ4v) is 3.48. The Morgan fingerprint density at radius 3 is 2.72 bits per heavy atom. The highest BCUT2D eigenvalue weighted by Crippen LogP contribution is 2.32. The summed E-state index contributed by atoms with van der Waals surface area (Å²) in [5.41, 5.74) is 3.41. The molecule has 0 unspecified atom stereocenters. The van der Waals surface area contributed by atoms with Gasteiger partial charge in [-0.25, -0.2) is 4.98 Å². The first-order chi connectivity index (χ1) is 12.1. The van der Waals surface area contributed by atoms with E-state index in [9.17, 15) is 0 Å². The molecule has 130 valence electrons. The Morgan fingerprint density at radius 2 is 2.04 bits per heavy atom. The maximum absolute atomic E-state index is 5.29. The van der Waals surface area contributed by atoms with Crippen LogP contribution in [0.15, 0.2) is 41.1 Å². The van der Waals surface area contributed by atoms with Crippen molar-refractivity contribution >= 4 is 0 Å². The van der Waals surface area contributed by atoms with Crippen LogP contribution < -0.4 is 4.74 Å². The van der Waals surface area contributed by atoms with Crippen LogP contribution in [0.4, 0.5) is 0 Å². The predicted molar refractivity (Wildman–Crippen MR) is 93.2 cm³/mol. The van der Waals surface area contributed by atoms with E-state index in [4.69, 9.17) is 9.26 Å². The van der Waals surface area contributed by atoms with Crippen LogP contribution in [-0.2, 0) is 19.6 Å². The van der Waals surface area contributed by atoms with Crippen molar-refractivity contribution in [3.63, 3.8) is 0 Å². The van der Waals surface area contributed by atoms with Crippen molar-refractivity contribution in [2.24, 2.45) is 0 Å². The third-order valence-corrected chi connectivity index (χ3v) is 4.82. The van der Waals surface area contributed by atoms with Crippen LogP contribution in [0, 0.1) is 13.8 Å². The normalized spacial score (nSPS) is 17.5. The molecule has 0 saturated heterocycles. The Balaban J connectivity index is 1.67. The van der Waals surface area contributed by atoms with Gasteiger partial charge in [0.05, 0.1) is 25.4 Å². The van der Waals surface area contributed by atoms with Crippen molar-refractivity contribution in [1.29, 1.82) is 0 Å². The number of rotatable bonds is 4. The van der Waals surface area contributed by atoms with Crippen LogP contribution in [0.5, 0.6) is 5.75 Å². The molecule has 6 heteroatoms. The predicted octanol–water partition coefficient (Wildman–Crippen LogP) is 3.25. The van der Waals surface area contributed by atoms with Crippen molar-refractivity contribution in [3.05, 3.63) is 65.1 Å². The monoisotopic (exact) mass is 338 g/mol. The van der Waals surface area contributed by atoms with Crippen LogP contribution in [0.1, 0.15) is 34.6 Å². The highest BCUT2D eigenvalue weighted by atomic mass is 16.5. The van der Waals surface area contributed by atoms with Gasteiger partial charge in [-0.1, -0.05) is 17.3 Å². The number of aryl methyl sites for hydroxylation is 2. The van der Waals surface area contributed by atoms with Crippen LogP contribution in [-0.4, -0.2) is 26.7 Å². The van der Waals surface area contributed by atoms with Gasteiger partial charge in [-0.3, -0.25) is 4.90 Å². The Hall–Kier alpha value is -2.60. The Morgan fingerprint density at radius 1 is 1.24 bits per heavy atom. The number of hydrogen-bond donors (Lipinski definition) is 0. The first-order valence-corrected chi connectivity index (χ1v) is 8.45. The second-order valence-electron chi connectivity index (χ2n) is 6.55. The highest BCUT2D eigenvalue weighted by Gasteiger charge is 2.29. The molecule has 0 radical (unpaired) electrons. The topological polar surface area (TPSA) is 56.3 Å². The van der Waals surface area contributed by atoms with E-state index in [0.717, 1.165) is 42.7 Å². The molecule has 0 N–H and O–H groups in total. The molecule has 0 amide bonds. The molecule has 1 aromatic carbocycles. The number of fused-ring (bicyclic) bond motifs is 1. The smallest absolute Gasteiger partial charge is 0.133 e. The van der Waals surface area contributed by atoms with Crippen LogP contribution in [0.3, 0.4) is 0 Å². The lowest BCUT2D eigenvalue weighted by Gasteiger charge is -2.36. The largest absolute Gasteiger partial charge is 0.497 e. The van der Waals surface area contributed by atoms with Crippen LogP contribution in [0.2, 0.25) is 0 Å². The molecule has 3 aromatic rings. The average Bonchev–Trinajstić information content (AvgIpc) is 3.20. The van der Waals surface area contributed by atoms with Crippen LogP contribution in [0.25, 0.3) is 0 Å². The molecule has 25 heavy (non-hydrogen) atoms. The summed E-state index contributed by atoms with van der Waals surface area (Å²) >= 11 is 0. The zero-order chi connectivity index (χ0) is 17.4. The molecular formula is C19H22N4O2.